The number of hydrogen-bond acceptors (Lipinski definition) is 6. The molecule has 0 saturated carbocycles. The molecule has 2 aliphatic heterocycles. The van der Waals surface area contributed by atoms with Crippen LogP contribution in [-0.2, 0) is 29.0 Å². The quantitative estimate of drug-likeness (QED) is 0.278. The maximum Gasteiger partial charge on any atom is 0.337 e. The minimum atomic E-state index is -1.12. The summed E-state index contributed by atoms with van der Waals surface area (Å²) in [6.45, 7) is 20.9. The van der Waals surface area contributed by atoms with Crippen LogP contribution in [0.1, 0.15) is 92.8 Å². The van der Waals surface area contributed by atoms with Gasteiger partial charge in [-0.1, -0.05) is 49.7 Å². The Morgan fingerprint density at radius 1 is 1.00 bits per heavy atom. The van der Waals surface area contributed by atoms with Crippen LogP contribution in [0.3, 0.4) is 0 Å². The van der Waals surface area contributed by atoms with E-state index in [2.05, 4.69) is 73.9 Å². The zero-order valence-corrected chi connectivity index (χ0v) is 28.7. The molecular weight excluding hydrogens is 562 g/mol. The van der Waals surface area contributed by atoms with Crippen LogP contribution >= 0.6 is 0 Å². The lowest BCUT2D eigenvalue weighted by Crippen LogP contribution is -2.39. The van der Waals surface area contributed by atoms with E-state index in [1.807, 2.05) is 27.7 Å². The van der Waals surface area contributed by atoms with Gasteiger partial charge < -0.3 is 19.5 Å². The molecule has 0 radical (unpaired) electrons. The Morgan fingerprint density at radius 2 is 1.71 bits per heavy atom. The molecule has 0 amide bonds. The zero-order valence-electron chi connectivity index (χ0n) is 28.7. The topological polar surface area (TPSA) is 75.1 Å². The molecule has 0 aliphatic carbocycles. The molecular formula is C38H51N3O4. The molecule has 3 aromatic rings. The number of benzene rings is 2. The van der Waals surface area contributed by atoms with Gasteiger partial charge in [0.1, 0.15) is 5.75 Å². The summed E-state index contributed by atoms with van der Waals surface area (Å²) in [5, 5.41) is 10.5. The molecule has 3 heterocycles. The van der Waals surface area contributed by atoms with Gasteiger partial charge in [-0.2, -0.15) is 0 Å². The van der Waals surface area contributed by atoms with Crippen LogP contribution in [-0.4, -0.2) is 53.3 Å². The van der Waals surface area contributed by atoms with Gasteiger partial charge in [-0.3, -0.25) is 9.88 Å². The Kier molecular flexibility index (Phi) is 9.35. The van der Waals surface area contributed by atoms with Gasteiger partial charge in [-0.05, 0) is 89.0 Å². The largest absolute Gasteiger partial charge is 0.496 e. The predicted octanol–water partition coefficient (Wildman–Crippen LogP) is 7.81. The summed E-state index contributed by atoms with van der Waals surface area (Å²) < 4.78 is 11.9. The number of aliphatic carboxylic acids is 1. The van der Waals surface area contributed by atoms with Crippen molar-refractivity contribution in [1.29, 1.82) is 0 Å². The highest BCUT2D eigenvalue weighted by Gasteiger charge is 2.36. The summed E-state index contributed by atoms with van der Waals surface area (Å²) in [5.41, 5.74) is 10.1. The zero-order chi connectivity index (χ0) is 32.7. The average molecular weight is 614 g/mol. The number of aromatic nitrogens is 1. The number of anilines is 1. The fourth-order valence-corrected chi connectivity index (χ4v) is 6.93. The SMILES string of the molecule is COc1ccc(C)cc1CN1CCc2cc(-c3c(C)nc(C)c(C(OC(C)(C)C)C(=O)O)c3N3CCC(C)(C)CC3)ccc2C1. The number of carboxylic acids is 1. The highest BCUT2D eigenvalue weighted by Crippen LogP contribution is 2.45. The minimum Gasteiger partial charge on any atom is -0.496 e. The van der Waals surface area contributed by atoms with Crippen molar-refractivity contribution in [1.82, 2.24) is 9.88 Å². The Labute approximate surface area is 269 Å². The molecule has 1 saturated heterocycles. The van der Waals surface area contributed by atoms with Gasteiger partial charge in [0.05, 0.1) is 18.4 Å². The number of rotatable bonds is 8. The number of pyridine rings is 1. The summed E-state index contributed by atoms with van der Waals surface area (Å²) in [4.78, 5) is 22.7. The maximum atomic E-state index is 12.8. The molecule has 2 aliphatic rings. The number of carbonyl (C=O) groups is 1. The van der Waals surface area contributed by atoms with E-state index in [4.69, 9.17) is 14.5 Å². The van der Waals surface area contributed by atoms with Crippen molar-refractivity contribution in [2.75, 3.05) is 31.6 Å². The third kappa shape index (κ3) is 7.36. The second-order valence-corrected chi connectivity index (χ2v) is 14.8. The van der Waals surface area contributed by atoms with Crippen LogP contribution in [0.15, 0.2) is 36.4 Å². The van der Waals surface area contributed by atoms with Gasteiger partial charge in [0.15, 0.2) is 6.10 Å². The van der Waals surface area contributed by atoms with Crippen molar-refractivity contribution in [3.63, 3.8) is 0 Å². The molecule has 45 heavy (non-hydrogen) atoms. The molecule has 0 bridgehead atoms. The lowest BCUT2D eigenvalue weighted by Gasteiger charge is -2.41. The van der Waals surface area contributed by atoms with E-state index in [-0.39, 0.29) is 5.41 Å². The first kappa shape index (κ1) is 33.0. The van der Waals surface area contributed by atoms with Gasteiger partial charge in [0, 0.05) is 60.8 Å². The molecule has 7 nitrogen and oxygen atoms in total. The van der Waals surface area contributed by atoms with Crippen LogP contribution in [0.4, 0.5) is 5.69 Å². The maximum absolute atomic E-state index is 12.8. The first-order chi connectivity index (χ1) is 21.2. The third-order valence-electron chi connectivity index (χ3n) is 9.39. The van der Waals surface area contributed by atoms with E-state index in [9.17, 15) is 9.90 Å². The molecule has 1 N–H and O–H groups in total. The van der Waals surface area contributed by atoms with E-state index in [0.717, 1.165) is 80.2 Å². The number of ether oxygens (including phenoxy) is 2. The van der Waals surface area contributed by atoms with Crippen molar-refractivity contribution in [3.8, 4) is 16.9 Å². The molecule has 1 aromatic heterocycles. The average Bonchev–Trinajstić information content (AvgIpc) is 2.95. The second-order valence-electron chi connectivity index (χ2n) is 14.8. The van der Waals surface area contributed by atoms with Crippen LogP contribution in [0.25, 0.3) is 11.1 Å². The van der Waals surface area contributed by atoms with Gasteiger partial charge in [-0.15, -0.1) is 0 Å². The molecule has 1 fully saturated rings. The van der Waals surface area contributed by atoms with Crippen LogP contribution in [0, 0.1) is 26.2 Å². The molecule has 242 valence electrons. The van der Waals surface area contributed by atoms with Crippen LogP contribution in [0.2, 0.25) is 0 Å². The molecule has 0 spiro atoms. The van der Waals surface area contributed by atoms with E-state index >= 15 is 0 Å². The molecule has 5 rings (SSSR count). The Hall–Kier alpha value is -3.42. The molecule has 7 heteroatoms. The molecule has 1 atom stereocenters. The smallest absolute Gasteiger partial charge is 0.337 e. The highest BCUT2D eigenvalue weighted by atomic mass is 16.5. The fraction of sp³-hybridized carbons (Fsp3) is 0.526. The third-order valence-corrected chi connectivity index (χ3v) is 9.39. The first-order valence-corrected chi connectivity index (χ1v) is 16.3. The van der Waals surface area contributed by atoms with Crippen molar-refractivity contribution in [2.24, 2.45) is 5.41 Å². The summed E-state index contributed by atoms with van der Waals surface area (Å²) in [7, 11) is 1.74. The number of carboxylic acid groups (broad SMARTS) is 1. The summed E-state index contributed by atoms with van der Waals surface area (Å²) >= 11 is 0. The Morgan fingerprint density at radius 3 is 2.36 bits per heavy atom. The van der Waals surface area contributed by atoms with Crippen molar-refractivity contribution < 1.29 is 19.4 Å². The van der Waals surface area contributed by atoms with Gasteiger partial charge in [0.25, 0.3) is 0 Å². The first-order valence-electron chi connectivity index (χ1n) is 16.3. The molecule has 2 aromatic carbocycles. The fourth-order valence-electron chi connectivity index (χ4n) is 6.93. The Bertz CT molecular complexity index is 1560. The lowest BCUT2D eigenvalue weighted by atomic mass is 9.81. The number of methoxy groups -OCH3 is 1. The van der Waals surface area contributed by atoms with Gasteiger partial charge in [0.2, 0.25) is 0 Å². The second kappa shape index (κ2) is 12.8. The number of fused-ring (bicyclic) bond motifs is 1. The van der Waals surface area contributed by atoms with Crippen molar-refractivity contribution >= 4 is 11.7 Å². The summed E-state index contributed by atoms with van der Waals surface area (Å²) in [6, 6.07) is 13.2. The Balaban J connectivity index is 1.56. The van der Waals surface area contributed by atoms with Crippen molar-refractivity contribution in [2.45, 2.75) is 99.4 Å². The van der Waals surface area contributed by atoms with Crippen LogP contribution < -0.4 is 9.64 Å². The monoisotopic (exact) mass is 613 g/mol. The normalized spacial score (nSPS) is 17.6. The van der Waals surface area contributed by atoms with Gasteiger partial charge >= 0.3 is 5.97 Å². The number of piperidine rings is 1. The van der Waals surface area contributed by atoms with E-state index < -0.39 is 17.7 Å². The molecule has 1 unspecified atom stereocenters. The van der Waals surface area contributed by atoms with Gasteiger partial charge in [-0.25, -0.2) is 4.79 Å². The van der Waals surface area contributed by atoms with E-state index in [0.29, 0.717) is 11.3 Å². The number of hydrogen-bond donors (Lipinski definition) is 1. The van der Waals surface area contributed by atoms with E-state index in [1.165, 1.54) is 22.3 Å². The summed E-state index contributed by atoms with van der Waals surface area (Å²) in [5.74, 6) is -0.0531. The van der Waals surface area contributed by atoms with Crippen LogP contribution in [0.5, 0.6) is 5.75 Å². The highest BCUT2D eigenvalue weighted by molar-refractivity contribution is 5.88. The summed E-state index contributed by atoms with van der Waals surface area (Å²) in [6.07, 6.45) is 1.90. The lowest BCUT2D eigenvalue weighted by molar-refractivity contribution is -0.160. The van der Waals surface area contributed by atoms with E-state index in [1.54, 1.807) is 7.11 Å². The standard InChI is InChI=1S/C38H51N3O4/c1-24-10-13-31(44-9)30(20-24)23-40-17-14-27-21-28(11-12-29(27)22-40)32-25(2)39-26(3)33(35(36(42)43)45-37(4,5)6)34(32)41-18-15-38(7,8)16-19-41/h10-13,20-21,35H,14-19,22-23H2,1-9H3,(H,42,43). The number of nitrogens with zero attached hydrogens (tertiary/aromatic N) is 3. The van der Waals surface area contributed by atoms with Crippen molar-refractivity contribution in [3.05, 3.63) is 75.6 Å². The predicted molar refractivity (Wildman–Crippen MR) is 181 cm³/mol. The number of aryl methyl sites for hydroxylation is 3. The minimum absolute atomic E-state index is 0.252.